The van der Waals surface area contributed by atoms with Crippen LogP contribution < -0.4 is 10.6 Å². The number of likely N-dealkylation sites (tertiary alicyclic amines) is 1. The van der Waals surface area contributed by atoms with E-state index in [1.54, 1.807) is 0 Å². The van der Waals surface area contributed by atoms with Crippen LogP contribution in [0.5, 0.6) is 0 Å². The molecule has 3 saturated heterocycles. The van der Waals surface area contributed by atoms with E-state index in [1.807, 2.05) is 6.92 Å². The topological polar surface area (TPSA) is 83.1 Å². The van der Waals surface area contributed by atoms with Gasteiger partial charge in [0, 0.05) is 6.54 Å². The summed E-state index contributed by atoms with van der Waals surface area (Å²) in [5, 5.41) is 16.1. The number of carbonyl (C=O) groups is 1. The first kappa shape index (κ1) is 14.1. The van der Waals surface area contributed by atoms with Gasteiger partial charge in [-0.05, 0) is 32.9 Å². The number of fused-ring (bicyclic) bond motifs is 2. The van der Waals surface area contributed by atoms with Crippen molar-refractivity contribution in [2.24, 2.45) is 0 Å². The number of nitrogens with zero attached hydrogens (tertiary/aromatic N) is 1. The van der Waals surface area contributed by atoms with E-state index >= 15 is 0 Å². The molecule has 0 unspecified atom stereocenters. The van der Waals surface area contributed by atoms with Crippen LogP contribution in [0.25, 0.3) is 0 Å². The Morgan fingerprint density at radius 1 is 1.40 bits per heavy atom. The molecule has 114 valence electrons. The summed E-state index contributed by atoms with van der Waals surface area (Å²) < 4.78 is 11.5. The van der Waals surface area contributed by atoms with Crippen molar-refractivity contribution < 1.29 is 19.4 Å². The number of hydrogen-bond acceptors (Lipinski definition) is 5. The number of urea groups is 1. The smallest absolute Gasteiger partial charge is 0.315 e. The highest BCUT2D eigenvalue weighted by Crippen LogP contribution is 2.32. The van der Waals surface area contributed by atoms with Crippen LogP contribution in [0, 0.1) is 0 Å². The molecule has 5 atom stereocenters. The molecular weight excluding hydrogens is 262 g/mol. The summed E-state index contributed by atoms with van der Waals surface area (Å²) in [4.78, 5) is 13.9. The van der Waals surface area contributed by atoms with E-state index in [-0.39, 0.29) is 24.5 Å². The first-order valence-corrected chi connectivity index (χ1v) is 7.44. The van der Waals surface area contributed by atoms with Gasteiger partial charge in [-0.2, -0.15) is 0 Å². The number of carbonyl (C=O) groups excluding carboxylic acids is 1. The largest absolute Gasteiger partial charge is 0.389 e. The lowest BCUT2D eigenvalue weighted by Gasteiger charge is -2.42. The minimum Gasteiger partial charge on any atom is -0.389 e. The molecule has 0 radical (unpaired) electrons. The highest BCUT2D eigenvalue weighted by Gasteiger charge is 2.52. The maximum Gasteiger partial charge on any atom is 0.315 e. The van der Waals surface area contributed by atoms with Gasteiger partial charge in [0.1, 0.15) is 6.10 Å². The molecule has 3 heterocycles. The van der Waals surface area contributed by atoms with Crippen LogP contribution in [-0.2, 0) is 9.47 Å². The van der Waals surface area contributed by atoms with E-state index in [0.29, 0.717) is 13.2 Å². The quantitative estimate of drug-likeness (QED) is 0.636. The Hall–Kier alpha value is -0.890. The zero-order valence-electron chi connectivity index (χ0n) is 11.7. The molecule has 2 bridgehead atoms. The number of nitrogens with one attached hydrogen (secondary N) is 2. The second-order valence-corrected chi connectivity index (χ2v) is 5.63. The maximum atomic E-state index is 11.7. The lowest BCUT2D eigenvalue weighted by molar-refractivity contribution is -0.177. The van der Waals surface area contributed by atoms with Crippen molar-refractivity contribution in [3.63, 3.8) is 0 Å². The van der Waals surface area contributed by atoms with Gasteiger partial charge in [0.15, 0.2) is 6.29 Å². The van der Waals surface area contributed by atoms with Crippen LogP contribution in [-0.4, -0.2) is 72.9 Å². The summed E-state index contributed by atoms with van der Waals surface area (Å²) in [7, 11) is 0. The van der Waals surface area contributed by atoms with Crippen LogP contribution >= 0.6 is 0 Å². The molecule has 7 nitrogen and oxygen atoms in total. The van der Waals surface area contributed by atoms with Gasteiger partial charge in [-0.1, -0.05) is 0 Å². The number of hydrogen-bond donors (Lipinski definition) is 3. The van der Waals surface area contributed by atoms with Gasteiger partial charge in [-0.25, -0.2) is 4.79 Å². The van der Waals surface area contributed by atoms with Crippen molar-refractivity contribution in [3.8, 4) is 0 Å². The lowest BCUT2D eigenvalue weighted by atomic mass is 9.95. The Kier molecular flexibility index (Phi) is 4.11. The third-order valence-corrected chi connectivity index (χ3v) is 4.33. The van der Waals surface area contributed by atoms with Crippen LogP contribution in [0.1, 0.15) is 19.8 Å². The standard InChI is InChI=1S/C13H23N3O4/c1-2-14-13(18)15-9-8-7-19-12(20-8)10(11(9)17)16-5-3-4-6-16/h8-12,17H,2-7H2,1H3,(H2,14,15,18)/t8-,9-,10-,11+,12-/m1/s1. The van der Waals surface area contributed by atoms with Crippen molar-refractivity contribution in [1.29, 1.82) is 0 Å². The second kappa shape index (κ2) is 5.85. The number of rotatable bonds is 3. The van der Waals surface area contributed by atoms with Gasteiger partial charge in [0.25, 0.3) is 0 Å². The minimum atomic E-state index is -0.665. The van der Waals surface area contributed by atoms with Crippen molar-refractivity contribution in [2.75, 3.05) is 26.2 Å². The van der Waals surface area contributed by atoms with Crippen LogP contribution in [0.15, 0.2) is 0 Å². The van der Waals surface area contributed by atoms with Crippen LogP contribution in [0.4, 0.5) is 4.79 Å². The highest BCUT2D eigenvalue weighted by atomic mass is 16.7. The number of ether oxygens (including phenoxy) is 2. The Balaban J connectivity index is 1.71. The van der Waals surface area contributed by atoms with E-state index in [0.717, 1.165) is 25.9 Å². The highest BCUT2D eigenvalue weighted by molar-refractivity contribution is 5.74. The molecule has 0 saturated carbocycles. The summed E-state index contributed by atoms with van der Waals surface area (Å²) in [6.07, 6.45) is 0.959. The number of amides is 2. The van der Waals surface area contributed by atoms with Gasteiger partial charge in [0.2, 0.25) is 0 Å². The van der Waals surface area contributed by atoms with E-state index in [1.165, 1.54) is 0 Å². The Bertz CT molecular complexity index is 360. The normalized spacial score (nSPS) is 40.8. The molecule has 3 rings (SSSR count). The van der Waals surface area contributed by atoms with Gasteiger partial charge < -0.3 is 25.2 Å². The Morgan fingerprint density at radius 3 is 2.85 bits per heavy atom. The van der Waals surface area contributed by atoms with Crippen LogP contribution in [0.3, 0.4) is 0 Å². The molecule has 0 aromatic rings. The van der Waals surface area contributed by atoms with Gasteiger partial charge >= 0.3 is 6.03 Å². The van der Waals surface area contributed by atoms with E-state index in [9.17, 15) is 9.90 Å². The zero-order chi connectivity index (χ0) is 14.1. The SMILES string of the molecule is CCNC(=O)N[C@H]1[C@H](O)[C@@H](N2CCCC2)[C@@H]2OC[C@H]1O2. The predicted octanol–water partition coefficient (Wildman–Crippen LogP) is -0.745. The van der Waals surface area contributed by atoms with Crippen LogP contribution in [0.2, 0.25) is 0 Å². The van der Waals surface area contributed by atoms with Crippen molar-refractivity contribution >= 4 is 6.03 Å². The summed E-state index contributed by atoms with van der Waals surface area (Å²) in [6.45, 7) is 4.72. The fraction of sp³-hybridized carbons (Fsp3) is 0.923. The van der Waals surface area contributed by atoms with Crippen molar-refractivity contribution in [1.82, 2.24) is 15.5 Å². The maximum absolute atomic E-state index is 11.7. The Labute approximate surface area is 118 Å². The monoisotopic (exact) mass is 285 g/mol. The molecule has 3 aliphatic rings. The molecule has 3 aliphatic heterocycles. The van der Waals surface area contributed by atoms with Crippen molar-refractivity contribution in [3.05, 3.63) is 0 Å². The molecule has 20 heavy (non-hydrogen) atoms. The molecular formula is C13H23N3O4. The molecule has 0 aromatic heterocycles. The lowest BCUT2D eigenvalue weighted by Crippen LogP contribution is -2.65. The van der Waals surface area contributed by atoms with E-state index in [4.69, 9.17) is 9.47 Å². The Morgan fingerprint density at radius 2 is 2.15 bits per heavy atom. The molecule has 0 aromatic carbocycles. The second-order valence-electron chi connectivity index (χ2n) is 5.63. The molecule has 3 fully saturated rings. The summed E-state index contributed by atoms with van der Waals surface area (Å²) in [5.74, 6) is 0. The minimum absolute atomic E-state index is 0.192. The molecule has 7 heteroatoms. The average Bonchev–Trinajstić information content (AvgIpc) is 3.06. The number of aliphatic hydroxyl groups is 1. The molecule has 0 spiro atoms. The summed E-state index contributed by atoms with van der Waals surface area (Å²) in [5.41, 5.74) is 0. The zero-order valence-corrected chi connectivity index (χ0v) is 11.7. The molecule has 3 N–H and O–H groups in total. The van der Waals surface area contributed by atoms with Crippen molar-refractivity contribution in [2.45, 2.75) is 50.3 Å². The third kappa shape index (κ3) is 2.50. The van der Waals surface area contributed by atoms with Gasteiger partial charge in [0.05, 0.1) is 24.8 Å². The first-order chi connectivity index (χ1) is 9.70. The first-order valence-electron chi connectivity index (χ1n) is 7.44. The van der Waals surface area contributed by atoms with Gasteiger partial charge in [-0.3, -0.25) is 4.90 Å². The van der Waals surface area contributed by atoms with E-state index in [2.05, 4.69) is 15.5 Å². The summed E-state index contributed by atoms with van der Waals surface area (Å²) >= 11 is 0. The summed E-state index contributed by atoms with van der Waals surface area (Å²) in [6, 6.07) is -0.889. The fourth-order valence-electron chi connectivity index (χ4n) is 3.37. The average molecular weight is 285 g/mol. The third-order valence-electron chi connectivity index (χ3n) is 4.33. The predicted molar refractivity (Wildman–Crippen MR) is 71.2 cm³/mol. The van der Waals surface area contributed by atoms with Gasteiger partial charge in [-0.15, -0.1) is 0 Å². The molecule has 0 aliphatic carbocycles. The molecule has 2 amide bonds. The fourth-order valence-corrected chi connectivity index (χ4v) is 3.37. The number of aliphatic hydroxyl groups excluding tert-OH is 1. The van der Waals surface area contributed by atoms with E-state index < -0.39 is 12.1 Å².